The third-order valence-corrected chi connectivity index (χ3v) is 7.11. The fourth-order valence-corrected chi connectivity index (χ4v) is 4.61. The summed E-state index contributed by atoms with van der Waals surface area (Å²) in [4.78, 5) is 10.3. The second-order valence-electron chi connectivity index (χ2n) is 11.0. The maximum Gasteiger partial charge on any atom is 0.303 e. The van der Waals surface area contributed by atoms with Crippen molar-refractivity contribution in [2.75, 3.05) is 0 Å². The average Bonchev–Trinajstić information content (AvgIpc) is 2.87. The number of allylic oxidation sites excluding steroid dienone is 2. The molecule has 0 spiro atoms. The van der Waals surface area contributed by atoms with Gasteiger partial charge in [0.05, 0.1) is 0 Å². The Balaban J connectivity index is 0. The molecule has 216 valence electrons. The molecule has 0 bridgehead atoms. The Morgan fingerprint density at radius 3 is 0.944 bits per heavy atom. The van der Waals surface area contributed by atoms with Crippen molar-refractivity contribution in [1.82, 2.24) is 0 Å². The smallest absolute Gasteiger partial charge is 0.303 e. The molecule has 2 heteroatoms. The molecule has 1 N–H and O–H groups in total. The Labute approximate surface area is 228 Å². The second kappa shape index (κ2) is 36.4. The summed E-state index contributed by atoms with van der Waals surface area (Å²) >= 11 is 0. The molecule has 0 saturated carbocycles. The van der Waals surface area contributed by atoms with Crippen molar-refractivity contribution in [2.45, 2.75) is 201 Å². The summed E-state index contributed by atoms with van der Waals surface area (Å²) < 4.78 is 0. The lowest BCUT2D eigenvalue weighted by Gasteiger charge is -2.02. The largest absolute Gasteiger partial charge is 0.481 e. The standard InChI is InChI=1S/C18H34O2.C16H34/c1-2-3-4-5-6-7-8-9-10-11-12-13-14-15-16-17-18(19)20;1-3-5-7-9-11-13-15-16-14-12-10-8-6-4-2/h9-10H,2-8,11-17H2,1H3,(H,19,20);3-16H2,1-2H3. The minimum atomic E-state index is -0.664. The monoisotopic (exact) mass is 509 g/mol. The van der Waals surface area contributed by atoms with Crippen LogP contribution in [-0.2, 0) is 4.79 Å². The lowest BCUT2D eigenvalue weighted by Crippen LogP contribution is -1.93. The van der Waals surface area contributed by atoms with Gasteiger partial charge in [0.2, 0.25) is 0 Å². The zero-order valence-electron chi connectivity index (χ0n) is 25.3. The van der Waals surface area contributed by atoms with Crippen LogP contribution in [0.3, 0.4) is 0 Å². The number of hydrogen-bond donors (Lipinski definition) is 1. The van der Waals surface area contributed by atoms with Crippen molar-refractivity contribution in [3.63, 3.8) is 0 Å². The normalized spacial score (nSPS) is 11.1. The van der Waals surface area contributed by atoms with E-state index in [9.17, 15) is 4.79 Å². The van der Waals surface area contributed by atoms with Gasteiger partial charge in [-0.1, -0.05) is 174 Å². The zero-order chi connectivity index (χ0) is 26.8. The number of carbonyl (C=O) groups is 1. The van der Waals surface area contributed by atoms with Crippen LogP contribution in [0.5, 0.6) is 0 Å². The summed E-state index contributed by atoms with van der Waals surface area (Å²) in [5.74, 6) is -0.664. The van der Waals surface area contributed by atoms with Crippen LogP contribution in [0.25, 0.3) is 0 Å². The molecule has 2 nitrogen and oxygen atoms in total. The topological polar surface area (TPSA) is 37.3 Å². The van der Waals surface area contributed by atoms with Gasteiger partial charge in [0.1, 0.15) is 0 Å². The summed E-state index contributed by atoms with van der Waals surface area (Å²) in [5, 5.41) is 8.51. The third-order valence-electron chi connectivity index (χ3n) is 7.11. The number of hydrogen-bond acceptors (Lipinski definition) is 1. The van der Waals surface area contributed by atoms with E-state index in [0.29, 0.717) is 6.42 Å². The van der Waals surface area contributed by atoms with E-state index in [1.165, 1.54) is 161 Å². The van der Waals surface area contributed by atoms with Crippen molar-refractivity contribution in [1.29, 1.82) is 0 Å². The van der Waals surface area contributed by atoms with Gasteiger partial charge in [-0.15, -0.1) is 0 Å². The van der Waals surface area contributed by atoms with Crippen LogP contribution in [-0.4, -0.2) is 11.1 Å². The first-order chi connectivity index (χ1) is 17.7. The lowest BCUT2D eigenvalue weighted by molar-refractivity contribution is -0.137. The summed E-state index contributed by atoms with van der Waals surface area (Å²) in [6.07, 6.45) is 41.7. The Kier molecular flexibility index (Phi) is 37.7. The number of carboxylic acid groups (broad SMARTS) is 1. The van der Waals surface area contributed by atoms with Crippen LogP contribution in [0.4, 0.5) is 0 Å². The zero-order valence-corrected chi connectivity index (χ0v) is 25.3. The van der Waals surface area contributed by atoms with E-state index in [4.69, 9.17) is 5.11 Å². The fourth-order valence-electron chi connectivity index (χ4n) is 4.61. The van der Waals surface area contributed by atoms with E-state index in [0.717, 1.165) is 12.8 Å². The first-order valence-corrected chi connectivity index (χ1v) is 16.6. The molecule has 0 radical (unpaired) electrons. The highest BCUT2D eigenvalue weighted by molar-refractivity contribution is 5.66. The lowest BCUT2D eigenvalue weighted by atomic mass is 10.0. The molecule has 0 aromatic heterocycles. The number of carboxylic acids is 1. The second-order valence-corrected chi connectivity index (χ2v) is 11.0. The van der Waals surface area contributed by atoms with Crippen LogP contribution < -0.4 is 0 Å². The molecule has 0 aromatic carbocycles. The molecule has 0 aliphatic heterocycles. The van der Waals surface area contributed by atoms with Gasteiger partial charge in [-0.2, -0.15) is 0 Å². The predicted octanol–water partition coefficient (Wildman–Crippen LogP) is 12.6. The Hall–Kier alpha value is -0.790. The molecule has 0 aromatic rings. The molecule has 0 unspecified atom stereocenters. The SMILES string of the molecule is CCCCCCCCC=CCCCCCCCC(=O)O.CCCCCCCCCCCCCCCC. The minimum absolute atomic E-state index is 0.332. The van der Waals surface area contributed by atoms with E-state index < -0.39 is 5.97 Å². The van der Waals surface area contributed by atoms with Gasteiger partial charge in [-0.05, 0) is 32.1 Å². The van der Waals surface area contributed by atoms with Gasteiger partial charge >= 0.3 is 5.97 Å². The summed E-state index contributed by atoms with van der Waals surface area (Å²) in [6, 6.07) is 0. The van der Waals surface area contributed by atoms with Crippen LogP contribution in [0.15, 0.2) is 12.2 Å². The first-order valence-electron chi connectivity index (χ1n) is 16.6. The molecule has 0 heterocycles. The minimum Gasteiger partial charge on any atom is -0.481 e. The van der Waals surface area contributed by atoms with Gasteiger partial charge in [-0.3, -0.25) is 4.79 Å². The van der Waals surface area contributed by atoms with E-state index >= 15 is 0 Å². The maximum absolute atomic E-state index is 10.3. The summed E-state index contributed by atoms with van der Waals surface area (Å²) in [7, 11) is 0. The van der Waals surface area contributed by atoms with Crippen molar-refractivity contribution in [3.05, 3.63) is 12.2 Å². The van der Waals surface area contributed by atoms with E-state index in [2.05, 4.69) is 32.9 Å². The van der Waals surface area contributed by atoms with Crippen LogP contribution in [0.1, 0.15) is 201 Å². The fraction of sp³-hybridized carbons (Fsp3) is 0.912. The Bertz CT molecular complexity index is 401. The molecule has 0 rings (SSSR count). The summed E-state index contributed by atoms with van der Waals surface area (Å²) in [6.45, 7) is 6.84. The van der Waals surface area contributed by atoms with Gasteiger partial charge in [0.25, 0.3) is 0 Å². The van der Waals surface area contributed by atoms with Crippen molar-refractivity contribution in [2.24, 2.45) is 0 Å². The molecule has 0 amide bonds. The maximum atomic E-state index is 10.3. The van der Waals surface area contributed by atoms with Crippen molar-refractivity contribution in [3.8, 4) is 0 Å². The Morgan fingerprint density at radius 1 is 0.417 bits per heavy atom. The molecule has 0 atom stereocenters. The molecular formula is C34H68O2. The van der Waals surface area contributed by atoms with Gasteiger partial charge in [0, 0.05) is 6.42 Å². The number of rotatable bonds is 28. The van der Waals surface area contributed by atoms with E-state index in [1.807, 2.05) is 0 Å². The highest BCUT2D eigenvalue weighted by Gasteiger charge is 1.96. The van der Waals surface area contributed by atoms with Gasteiger partial charge in [0.15, 0.2) is 0 Å². The van der Waals surface area contributed by atoms with Gasteiger partial charge in [-0.25, -0.2) is 0 Å². The molecule has 0 aliphatic carbocycles. The first kappa shape index (κ1) is 37.4. The van der Waals surface area contributed by atoms with E-state index in [1.54, 1.807) is 0 Å². The van der Waals surface area contributed by atoms with E-state index in [-0.39, 0.29) is 0 Å². The Morgan fingerprint density at radius 2 is 0.667 bits per heavy atom. The van der Waals surface area contributed by atoms with Crippen LogP contribution in [0, 0.1) is 0 Å². The molecular weight excluding hydrogens is 440 g/mol. The van der Waals surface area contributed by atoms with Crippen molar-refractivity contribution < 1.29 is 9.90 Å². The van der Waals surface area contributed by atoms with Crippen LogP contribution >= 0.6 is 0 Å². The molecule has 0 fully saturated rings. The predicted molar refractivity (Wildman–Crippen MR) is 163 cm³/mol. The quantitative estimate of drug-likeness (QED) is 0.0842. The molecule has 36 heavy (non-hydrogen) atoms. The number of unbranched alkanes of at least 4 members (excludes halogenated alkanes) is 24. The number of aliphatic carboxylic acids is 1. The molecule has 0 aliphatic rings. The highest BCUT2D eigenvalue weighted by Crippen LogP contribution is 2.13. The summed E-state index contributed by atoms with van der Waals surface area (Å²) in [5.41, 5.74) is 0. The third kappa shape index (κ3) is 40.4. The highest BCUT2D eigenvalue weighted by atomic mass is 16.4. The van der Waals surface area contributed by atoms with Gasteiger partial charge < -0.3 is 5.11 Å². The molecule has 0 saturated heterocycles. The average molecular weight is 509 g/mol. The van der Waals surface area contributed by atoms with Crippen molar-refractivity contribution >= 4 is 5.97 Å². The van der Waals surface area contributed by atoms with Crippen LogP contribution in [0.2, 0.25) is 0 Å².